The van der Waals surface area contributed by atoms with Crippen LogP contribution in [0.25, 0.3) is 0 Å². The maximum Gasteiger partial charge on any atom is 0.150 e. The van der Waals surface area contributed by atoms with Crippen LogP contribution in [0.4, 0.5) is 0 Å². The normalized spacial score (nSPS) is 14.9. The van der Waals surface area contributed by atoms with Crippen LogP contribution in [0.1, 0.15) is 33.9 Å². The molecule has 2 aromatic carbocycles. The lowest BCUT2D eigenvalue weighted by Crippen LogP contribution is -2.26. The van der Waals surface area contributed by atoms with Crippen LogP contribution in [0.5, 0.6) is 5.75 Å². The fourth-order valence-electron chi connectivity index (χ4n) is 3.45. The highest BCUT2D eigenvalue weighted by Crippen LogP contribution is 2.33. The Kier molecular flexibility index (Phi) is 6.85. The van der Waals surface area contributed by atoms with Crippen LogP contribution in [0.15, 0.2) is 83.4 Å². The van der Waals surface area contributed by atoms with Gasteiger partial charge in [-0.15, -0.1) is 0 Å². The van der Waals surface area contributed by atoms with Crippen molar-refractivity contribution in [2.75, 3.05) is 14.2 Å². The van der Waals surface area contributed by atoms with Gasteiger partial charge < -0.3 is 4.74 Å². The molecular formula is C24H24ClNO2. The molecule has 0 N–H and O–H groups in total. The number of carbonyl (C=O) groups is 1. The SMILES string of the molecule is COc1ccc(CN(C)C(C2=CC=C(Cl)CC=C2)c2ccccc2C=O)cc1. The van der Waals surface area contributed by atoms with E-state index in [2.05, 4.69) is 36.2 Å². The van der Waals surface area contributed by atoms with E-state index >= 15 is 0 Å². The van der Waals surface area contributed by atoms with Crippen molar-refractivity contribution in [3.8, 4) is 5.75 Å². The third kappa shape index (κ3) is 4.80. The Balaban J connectivity index is 1.98. The number of hydrogen-bond donors (Lipinski definition) is 0. The maximum absolute atomic E-state index is 11.7. The second-order valence-corrected chi connectivity index (χ2v) is 7.28. The summed E-state index contributed by atoms with van der Waals surface area (Å²) in [6, 6.07) is 15.7. The van der Waals surface area contributed by atoms with Gasteiger partial charge in [0, 0.05) is 23.6 Å². The lowest BCUT2D eigenvalue weighted by molar-refractivity contribution is 0.112. The first-order valence-corrected chi connectivity index (χ1v) is 9.60. The molecule has 0 heterocycles. The minimum absolute atomic E-state index is 0.0708. The number of nitrogens with zero attached hydrogens (tertiary/aromatic N) is 1. The molecule has 1 aliphatic rings. The van der Waals surface area contributed by atoms with Gasteiger partial charge in [-0.05, 0) is 42.0 Å². The molecule has 28 heavy (non-hydrogen) atoms. The summed E-state index contributed by atoms with van der Waals surface area (Å²) in [4.78, 5) is 13.9. The zero-order valence-electron chi connectivity index (χ0n) is 16.1. The predicted molar refractivity (Wildman–Crippen MR) is 115 cm³/mol. The molecule has 0 aromatic heterocycles. The van der Waals surface area contributed by atoms with Gasteiger partial charge in [0.25, 0.3) is 0 Å². The first-order valence-electron chi connectivity index (χ1n) is 9.22. The molecule has 1 atom stereocenters. The molecular weight excluding hydrogens is 370 g/mol. The molecule has 0 saturated carbocycles. The fraction of sp³-hybridized carbons (Fsp3) is 0.208. The van der Waals surface area contributed by atoms with Gasteiger partial charge in [-0.2, -0.15) is 0 Å². The summed E-state index contributed by atoms with van der Waals surface area (Å²) < 4.78 is 5.25. The first-order chi connectivity index (χ1) is 13.6. The van der Waals surface area contributed by atoms with E-state index in [-0.39, 0.29) is 6.04 Å². The number of aldehydes is 1. The summed E-state index contributed by atoms with van der Waals surface area (Å²) in [7, 11) is 3.73. The van der Waals surface area contributed by atoms with Crippen LogP contribution in [0.3, 0.4) is 0 Å². The summed E-state index contributed by atoms with van der Waals surface area (Å²) >= 11 is 6.22. The van der Waals surface area contributed by atoms with Gasteiger partial charge in [0.05, 0.1) is 13.2 Å². The molecule has 0 bridgehead atoms. The molecule has 3 rings (SSSR count). The van der Waals surface area contributed by atoms with E-state index in [9.17, 15) is 4.79 Å². The Morgan fingerprint density at radius 3 is 2.61 bits per heavy atom. The van der Waals surface area contributed by atoms with Gasteiger partial charge in [-0.1, -0.05) is 66.2 Å². The maximum atomic E-state index is 11.7. The minimum Gasteiger partial charge on any atom is -0.497 e. The average Bonchev–Trinajstić information content (AvgIpc) is 2.93. The van der Waals surface area contributed by atoms with Crippen molar-refractivity contribution in [3.05, 3.63) is 100 Å². The average molecular weight is 394 g/mol. The van der Waals surface area contributed by atoms with E-state index in [1.165, 1.54) is 5.56 Å². The lowest BCUT2D eigenvalue weighted by atomic mass is 9.92. The standard InChI is InChI=1S/C24H24ClNO2/c1-26(16-18-10-14-22(28-2)15-11-18)24(19-7-5-8-21(25)13-12-19)23-9-4-3-6-20(23)17-27/h3-7,9-15,17,24H,8,16H2,1-2H3. The molecule has 144 valence electrons. The summed E-state index contributed by atoms with van der Waals surface area (Å²) in [6.45, 7) is 0.727. The minimum atomic E-state index is -0.0708. The van der Waals surface area contributed by atoms with E-state index < -0.39 is 0 Å². The van der Waals surface area contributed by atoms with Gasteiger partial charge in [0.2, 0.25) is 0 Å². The molecule has 4 heteroatoms. The van der Waals surface area contributed by atoms with Gasteiger partial charge in [0.15, 0.2) is 0 Å². The number of allylic oxidation sites excluding steroid dienone is 4. The molecule has 0 amide bonds. The molecule has 1 aliphatic carbocycles. The highest BCUT2D eigenvalue weighted by atomic mass is 35.5. The number of hydrogen-bond acceptors (Lipinski definition) is 3. The van der Waals surface area contributed by atoms with Crippen molar-refractivity contribution in [1.29, 1.82) is 0 Å². The number of likely N-dealkylation sites (N-methyl/N-ethyl adjacent to an activating group) is 1. The summed E-state index contributed by atoms with van der Waals surface area (Å²) in [5.41, 5.74) is 3.95. The summed E-state index contributed by atoms with van der Waals surface area (Å²) in [5, 5.41) is 0.798. The van der Waals surface area contributed by atoms with Crippen molar-refractivity contribution in [3.63, 3.8) is 0 Å². The molecule has 0 saturated heterocycles. The van der Waals surface area contributed by atoms with Gasteiger partial charge >= 0.3 is 0 Å². The molecule has 3 nitrogen and oxygen atoms in total. The van der Waals surface area contributed by atoms with Crippen LogP contribution in [-0.2, 0) is 6.54 Å². The first kappa shape index (κ1) is 20.1. The Hall–Kier alpha value is -2.62. The number of ether oxygens (including phenoxy) is 1. The van der Waals surface area contributed by atoms with Crippen molar-refractivity contribution in [2.45, 2.75) is 19.0 Å². The van der Waals surface area contributed by atoms with Crippen LogP contribution < -0.4 is 4.74 Å². The fourth-order valence-corrected chi connectivity index (χ4v) is 3.60. The topological polar surface area (TPSA) is 29.5 Å². The molecule has 2 aromatic rings. The summed E-state index contributed by atoms with van der Waals surface area (Å²) in [6.07, 6.45) is 9.79. The largest absolute Gasteiger partial charge is 0.497 e. The van der Waals surface area contributed by atoms with Crippen LogP contribution in [0, 0.1) is 0 Å². The quantitative estimate of drug-likeness (QED) is 0.566. The highest BCUT2D eigenvalue weighted by Gasteiger charge is 2.23. The third-order valence-electron chi connectivity index (χ3n) is 4.84. The predicted octanol–water partition coefficient (Wildman–Crippen LogP) is 5.69. The Labute approximate surface area is 171 Å². The lowest BCUT2D eigenvalue weighted by Gasteiger charge is -2.30. The number of carbonyl (C=O) groups excluding carboxylic acids is 1. The molecule has 0 aliphatic heterocycles. The Morgan fingerprint density at radius 2 is 1.89 bits per heavy atom. The molecule has 0 radical (unpaired) electrons. The zero-order valence-corrected chi connectivity index (χ0v) is 16.9. The number of methoxy groups -OCH3 is 1. The summed E-state index contributed by atoms with van der Waals surface area (Å²) in [5.74, 6) is 0.837. The van der Waals surface area contributed by atoms with E-state index in [0.717, 1.165) is 34.7 Å². The second-order valence-electron chi connectivity index (χ2n) is 6.80. The van der Waals surface area contributed by atoms with Crippen molar-refractivity contribution in [1.82, 2.24) is 4.90 Å². The van der Waals surface area contributed by atoms with E-state index in [1.54, 1.807) is 7.11 Å². The van der Waals surface area contributed by atoms with Crippen molar-refractivity contribution in [2.24, 2.45) is 0 Å². The monoisotopic (exact) mass is 393 g/mol. The van der Waals surface area contributed by atoms with Crippen molar-refractivity contribution < 1.29 is 9.53 Å². The van der Waals surface area contributed by atoms with Crippen molar-refractivity contribution >= 4 is 17.9 Å². The molecule has 0 spiro atoms. The number of benzene rings is 2. The highest BCUT2D eigenvalue weighted by molar-refractivity contribution is 6.29. The smallest absolute Gasteiger partial charge is 0.150 e. The molecule has 0 fully saturated rings. The van der Waals surface area contributed by atoms with Crippen LogP contribution in [-0.4, -0.2) is 25.3 Å². The van der Waals surface area contributed by atoms with Crippen LogP contribution >= 0.6 is 11.6 Å². The molecule has 1 unspecified atom stereocenters. The van der Waals surface area contributed by atoms with Gasteiger partial charge in [0.1, 0.15) is 12.0 Å². The zero-order chi connectivity index (χ0) is 19.9. The second kappa shape index (κ2) is 9.54. The van der Waals surface area contributed by atoms with Gasteiger partial charge in [-0.25, -0.2) is 0 Å². The Morgan fingerprint density at radius 1 is 1.14 bits per heavy atom. The van der Waals surface area contributed by atoms with Crippen LogP contribution in [0.2, 0.25) is 0 Å². The van der Waals surface area contributed by atoms with E-state index in [4.69, 9.17) is 16.3 Å². The number of halogens is 1. The van der Waals surface area contributed by atoms with Gasteiger partial charge in [-0.3, -0.25) is 9.69 Å². The third-order valence-corrected chi connectivity index (χ3v) is 5.13. The van der Waals surface area contributed by atoms with E-state index in [1.807, 2.05) is 48.6 Å². The Bertz CT molecular complexity index is 912. The number of rotatable bonds is 7. The van der Waals surface area contributed by atoms with E-state index in [0.29, 0.717) is 12.0 Å².